The topological polar surface area (TPSA) is 470 Å². The molecule has 17 N–H and O–H groups in total. The summed E-state index contributed by atoms with van der Waals surface area (Å²) in [6.45, 7) is 2.42. The Balaban J connectivity index is 1.07. The lowest BCUT2D eigenvalue weighted by molar-refractivity contribution is -0.377. The number of rotatable bonds is 21. The summed E-state index contributed by atoms with van der Waals surface area (Å²) in [5.74, 6) is -1.93. The van der Waals surface area contributed by atoms with E-state index in [-0.39, 0.29) is 11.1 Å². The monoisotopic (exact) mass is 1140 g/mol. The van der Waals surface area contributed by atoms with Crippen molar-refractivity contribution in [2.24, 2.45) is 0 Å². The molecule has 0 aromatic carbocycles. The zero-order valence-corrected chi connectivity index (χ0v) is 43.2. The van der Waals surface area contributed by atoms with E-state index >= 15 is 0 Å². The summed E-state index contributed by atoms with van der Waals surface area (Å²) >= 11 is 0. The van der Waals surface area contributed by atoms with Crippen molar-refractivity contribution in [3.8, 4) is 0 Å². The van der Waals surface area contributed by atoms with Gasteiger partial charge in [-0.1, -0.05) is 71.9 Å². The van der Waals surface area contributed by atoms with Gasteiger partial charge in [0.1, 0.15) is 122 Å². The second-order valence-corrected chi connectivity index (χ2v) is 19.3. The standard InChI is InChI=1S/C50H74O29/c1-20(11-7-13-22(3)44(68)78-49-39(65)34(60)31(57)28(75-49)19-70-46-37(63)32(58)29(55)24(15-51)71-46)9-5-6-10-21(2)12-8-14-23(4)45(69)79-50-41(67)36(62)43(27(18-54)74-50)77-48-40(66)35(61)42(26(17-53)73-48)76-47-38(64)33(59)30(56)25(16-52)72-47/h5-14,24-43,46-67H,15-19H2,1-4H3/b6-5+,11-7+,12-8+,20-9+,21-10+,22-13+,23-14+/t24-,25-,26-,27-,28-,29-,30-,31-,32+,33+,34+,35-,36-,37-,38-,39-,40-,41-,42-,43-,46-,47+,48+,49+,50+/m1/s1. The summed E-state index contributed by atoms with van der Waals surface area (Å²) in [5, 5.41) is 175. The Kier molecular flexibility index (Phi) is 25.4. The number of carbonyl (C=O) groups excluding carboxylic acids is 2. The Morgan fingerprint density at radius 2 is 0.684 bits per heavy atom. The van der Waals surface area contributed by atoms with Gasteiger partial charge in [-0.2, -0.15) is 0 Å². The van der Waals surface area contributed by atoms with Crippen LogP contribution in [0.25, 0.3) is 0 Å². The highest BCUT2D eigenvalue weighted by Gasteiger charge is 2.54. The highest BCUT2D eigenvalue weighted by atomic mass is 16.8. The van der Waals surface area contributed by atoms with Crippen LogP contribution in [-0.2, 0) is 57.0 Å². The van der Waals surface area contributed by atoms with Gasteiger partial charge in [0.25, 0.3) is 0 Å². The average molecular weight is 1140 g/mol. The van der Waals surface area contributed by atoms with Crippen molar-refractivity contribution < 1.29 is 144 Å². The Morgan fingerprint density at radius 3 is 1.10 bits per heavy atom. The minimum atomic E-state index is -2.03. The number of esters is 2. The van der Waals surface area contributed by atoms with E-state index in [0.717, 1.165) is 11.1 Å². The van der Waals surface area contributed by atoms with Crippen LogP contribution in [0.2, 0.25) is 0 Å². The van der Waals surface area contributed by atoms with Crippen LogP contribution >= 0.6 is 0 Å². The van der Waals surface area contributed by atoms with E-state index in [0.29, 0.717) is 0 Å². The maximum absolute atomic E-state index is 13.0. The molecular formula is C50H74O29. The van der Waals surface area contributed by atoms with Crippen molar-refractivity contribution in [1.82, 2.24) is 0 Å². The highest BCUT2D eigenvalue weighted by Crippen LogP contribution is 2.33. The number of aliphatic hydroxyl groups is 17. The van der Waals surface area contributed by atoms with E-state index in [4.69, 9.17) is 47.4 Å². The molecule has 29 nitrogen and oxygen atoms in total. The third-order valence-electron chi connectivity index (χ3n) is 13.3. The number of hydrogen-bond donors (Lipinski definition) is 17. The molecule has 0 aromatic heterocycles. The molecule has 5 fully saturated rings. The first-order chi connectivity index (χ1) is 37.4. The molecular weight excluding hydrogens is 1060 g/mol. The summed E-state index contributed by atoms with van der Waals surface area (Å²) in [6.07, 6.45) is -27.4. The van der Waals surface area contributed by atoms with Gasteiger partial charge in [0.2, 0.25) is 12.6 Å². The summed E-state index contributed by atoms with van der Waals surface area (Å²) in [5.41, 5.74) is 1.57. The van der Waals surface area contributed by atoms with E-state index in [1.807, 2.05) is 0 Å². The van der Waals surface area contributed by atoms with Gasteiger partial charge in [0.05, 0.1) is 33.0 Å². The molecule has 0 bridgehead atoms. The quantitative estimate of drug-likeness (QED) is 0.0288. The summed E-state index contributed by atoms with van der Waals surface area (Å²) in [7, 11) is 0. The van der Waals surface area contributed by atoms with E-state index in [1.54, 1.807) is 56.4 Å². The molecule has 0 radical (unpaired) electrons. The number of ether oxygens (including phenoxy) is 10. The minimum absolute atomic E-state index is 0.0280. The van der Waals surface area contributed by atoms with Gasteiger partial charge in [-0.05, 0) is 27.7 Å². The molecule has 25 atom stereocenters. The van der Waals surface area contributed by atoms with Gasteiger partial charge >= 0.3 is 11.9 Å². The normalized spacial score (nSPS) is 42.3. The third-order valence-corrected chi connectivity index (χ3v) is 13.3. The fraction of sp³-hybridized carbons (Fsp3) is 0.680. The largest absolute Gasteiger partial charge is 0.429 e. The smallest absolute Gasteiger partial charge is 0.336 e. The molecule has 0 saturated carbocycles. The maximum atomic E-state index is 13.0. The Morgan fingerprint density at radius 1 is 0.367 bits per heavy atom. The molecule has 0 amide bonds. The molecule has 0 unspecified atom stereocenters. The highest BCUT2D eigenvalue weighted by molar-refractivity contribution is 5.88. The van der Waals surface area contributed by atoms with Crippen LogP contribution in [0.4, 0.5) is 0 Å². The molecule has 29 heteroatoms. The number of carbonyl (C=O) groups is 2. The lowest BCUT2D eigenvalue weighted by atomic mass is 9.96. The van der Waals surface area contributed by atoms with E-state index in [2.05, 4.69) is 0 Å². The average Bonchev–Trinajstić information content (AvgIpc) is 3.43. The molecule has 5 heterocycles. The fourth-order valence-corrected chi connectivity index (χ4v) is 8.43. The predicted octanol–water partition coefficient (Wildman–Crippen LogP) is -7.40. The lowest BCUT2D eigenvalue weighted by Gasteiger charge is -2.48. The zero-order chi connectivity index (χ0) is 58.6. The van der Waals surface area contributed by atoms with Crippen molar-refractivity contribution in [3.05, 3.63) is 83.1 Å². The van der Waals surface area contributed by atoms with Crippen LogP contribution in [0.1, 0.15) is 27.7 Å². The number of aliphatic hydroxyl groups excluding tert-OH is 17. The molecule has 5 aliphatic rings. The first-order valence-corrected chi connectivity index (χ1v) is 25.0. The SMILES string of the molecule is CC(/C=C/C=C(\C)C(=O)O[C@@H]1O[C@H](CO[C@@H]2O[C@H](CO)[C@@H](O)[C@H](O)[C@H]2O)[C@@H](O)[C@H](O)[C@H]1O)=C\C=C\C=C(C)\C=C\C=C(/C)C(=O)O[C@@H]1O[C@H](CO)[C@@H](O[C@@H]2O[C@H](CO)[C@@H](O[C@@H]3O[C@H](CO)[C@@H](O)[C@H](O)[C@H]3O)[C@H](O)[C@H]2O)[C@H](O)[C@H]1O. The molecule has 5 rings (SSSR count). The van der Waals surface area contributed by atoms with Gasteiger partial charge in [-0.3, -0.25) is 0 Å². The summed E-state index contributed by atoms with van der Waals surface area (Å²) in [6, 6.07) is 0. The van der Waals surface area contributed by atoms with Crippen molar-refractivity contribution in [1.29, 1.82) is 0 Å². The summed E-state index contributed by atoms with van der Waals surface area (Å²) < 4.78 is 54.2. The second kappa shape index (κ2) is 30.4. The molecule has 5 aliphatic heterocycles. The summed E-state index contributed by atoms with van der Waals surface area (Å²) in [4.78, 5) is 25.9. The van der Waals surface area contributed by atoms with Gasteiger partial charge < -0.3 is 134 Å². The number of allylic oxidation sites excluding steroid dienone is 12. The maximum Gasteiger partial charge on any atom is 0.336 e. The third kappa shape index (κ3) is 16.7. The Bertz CT molecular complexity index is 2170. The number of hydrogen-bond acceptors (Lipinski definition) is 29. The Hall–Kier alpha value is -3.88. The van der Waals surface area contributed by atoms with E-state index < -0.39 is 199 Å². The molecule has 79 heavy (non-hydrogen) atoms. The van der Waals surface area contributed by atoms with Crippen LogP contribution in [0.3, 0.4) is 0 Å². The van der Waals surface area contributed by atoms with Gasteiger partial charge in [-0.25, -0.2) is 9.59 Å². The zero-order valence-electron chi connectivity index (χ0n) is 43.2. The van der Waals surface area contributed by atoms with E-state index in [1.165, 1.54) is 32.1 Å². The second-order valence-electron chi connectivity index (χ2n) is 19.3. The van der Waals surface area contributed by atoms with E-state index in [9.17, 15) is 96.4 Å². The van der Waals surface area contributed by atoms with Crippen LogP contribution < -0.4 is 0 Å². The fourth-order valence-electron chi connectivity index (χ4n) is 8.43. The minimum Gasteiger partial charge on any atom is -0.429 e. The molecule has 0 aliphatic carbocycles. The molecule has 5 saturated heterocycles. The van der Waals surface area contributed by atoms with Crippen molar-refractivity contribution in [2.75, 3.05) is 33.0 Å². The van der Waals surface area contributed by atoms with Crippen LogP contribution in [0, 0.1) is 0 Å². The van der Waals surface area contributed by atoms with Crippen LogP contribution in [0.5, 0.6) is 0 Å². The Labute approximate surface area is 452 Å². The first kappa shape index (κ1) is 65.9. The van der Waals surface area contributed by atoms with Gasteiger partial charge in [-0.15, -0.1) is 0 Å². The van der Waals surface area contributed by atoms with Crippen molar-refractivity contribution in [3.63, 3.8) is 0 Å². The van der Waals surface area contributed by atoms with Gasteiger partial charge in [0.15, 0.2) is 18.9 Å². The van der Waals surface area contributed by atoms with Crippen molar-refractivity contribution in [2.45, 2.75) is 181 Å². The van der Waals surface area contributed by atoms with Crippen LogP contribution in [0.15, 0.2) is 83.1 Å². The lowest BCUT2D eigenvalue weighted by Crippen LogP contribution is -2.66. The first-order valence-electron chi connectivity index (χ1n) is 25.0. The molecule has 0 spiro atoms. The van der Waals surface area contributed by atoms with Crippen LogP contribution in [-0.4, -0.2) is 285 Å². The molecule has 0 aromatic rings. The van der Waals surface area contributed by atoms with Crippen molar-refractivity contribution >= 4 is 11.9 Å². The van der Waals surface area contributed by atoms with Gasteiger partial charge in [0, 0.05) is 11.1 Å². The predicted molar refractivity (Wildman–Crippen MR) is 260 cm³/mol. The molecule has 448 valence electrons.